The first-order chi connectivity index (χ1) is 18.4. The van der Waals surface area contributed by atoms with E-state index in [9.17, 15) is 19.2 Å². The number of carbonyl (C=O) groups excluding carboxylic acids is 4. The Morgan fingerprint density at radius 3 is 2.26 bits per heavy atom. The third-order valence-electron chi connectivity index (χ3n) is 8.70. The normalized spacial score (nSPS) is 32.4. The second-order valence-corrected chi connectivity index (χ2v) is 10.9. The number of hydrogen-bond acceptors (Lipinski definition) is 9. The summed E-state index contributed by atoms with van der Waals surface area (Å²) in [6.07, 6.45) is 5.91. The Hall–Kier alpha value is -3.62. The third kappa shape index (κ3) is 4.27. The van der Waals surface area contributed by atoms with Crippen molar-refractivity contribution < 1.29 is 33.4 Å². The Labute approximate surface area is 220 Å². The molecule has 0 amide bonds. The minimum atomic E-state index is -0.985. The predicted molar refractivity (Wildman–Crippen MR) is 132 cm³/mol. The molecular formula is C29H30N2O7. The summed E-state index contributed by atoms with van der Waals surface area (Å²) in [5.74, 6) is -4.74. The first-order valence-electron chi connectivity index (χ1n) is 13.5. The predicted octanol–water partition coefficient (Wildman–Crippen LogP) is 3.97. The van der Waals surface area contributed by atoms with Gasteiger partial charge in [0, 0.05) is 17.9 Å². The highest BCUT2D eigenvalue weighted by Gasteiger charge is 2.60. The molecule has 6 rings (SSSR count). The maximum atomic E-state index is 12.9. The molecule has 2 aliphatic heterocycles. The van der Waals surface area contributed by atoms with Crippen molar-refractivity contribution in [3.8, 4) is 5.88 Å². The zero-order valence-electron chi connectivity index (χ0n) is 21.2. The van der Waals surface area contributed by atoms with E-state index in [-0.39, 0.29) is 12.3 Å². The number of fused-ring (bicyclic) bond motifs is 3. The van der Waals surface area contributed by atoms with Crippen molar-refractivity contribution in [2.24, 2.45) is 17.8 Å². The number of rotatable bonds is 6. The smallest absolute Gasteiger partial charge is 0.322 e. The summed E-state index contributed by atoms with van der Waals surface area (Å²) in [4.78, 5) is 50.4. The van der Waals surface area contributed by atoms with Crippen molar-refractivity contribution in [1.82, 2.24) is 10.2 Å². The van der Waals surface area contributed by atoms with Gasteiger partial charge in [-0.15, -0.1) is 5.10 Å². The highest BCUT2D eigenvalue weighted by atomic mass is 16.6. The molecular weight excluding hydrogens is 488 g/mol. The van der Waals surface area contributed by atoms with E-state index in [0.717, 1.165) is 24.5 Å². The molecule has 1 saturated carbocycles. The summed E-state index contributed by atoms with van der Waals surface area (Å²) in [5.41, 5.74) is 2.18. The summed E-state index contributed by atoms with van der Waals surface area (Å²) in [6.45, 7) is 2.22. The van der Waals surface area contributed by atoms with Gasteiger partial charge in [0.15, 0.2) is 0 Å². The molecule has 38 heavy (non-hydrogen) atoms. The molecule has 2 aliphatic carbocycles. The maximum Gasteiger partial charge on any atom is 0.322 e. The van der Waals surface area contributed by atoms with Crippen LogP contribution < -0.4 is 4.74 Å². The van der Waals surface area contributed by atoms with E-state index >= 15 is 0 Å². The van der Waals surface area contributed by atoms with Gasteiger partial charge in [-0.05, 0) is 48.8 Å². The molecule has 5 unspecified atom stereocenters. The van der Waals surface area contributed by atoms with Crippen molar-refractivity contribution >= 4 is 23.9 Å². The number of nitrogens with zero attached hydrogens (tertiary/aromatic N) is 2. The molecule has 4 aliphatic rings. The molecule has 0 radical (unpaired) electrons. The van der Waals surface area contributed by atoms with E-state index in [0.29, 0.717) is 17.0 Å². The molecule has 198 valence electrons. The third-order valence-corrected chi connectivity index (χ3v) is 8.70. The Balaban J connectivity index is 1.31. The van der Waals surface area contributed by atoms with Gasteiger partial charge in [-0.1, -0.05) is 44.0 Å². The van der Waals surface area contributed by atoms with Crippen molar-refractivity contribution in [3.63, 3.8) is 0 Å². The number of esters is 4. The molecule has 1 aromatic carbocycles. The molecule has 3 heterocycles. The zero-order chi connectivity index (χ0) is 26.4. The van der Waals surface area contributed by atoms with Crippen LogP contribution in [0.15, 0.2) is 36.4 Å². The molecule has 0 bridgehead atoms. The average molecular weight is 519 g/mol. The number of ether oxygens (including phenoxy) is 3. The average Bonchev–Trinajstić information content (AvgIpc) is 3.41. The van der Waals surface area contributed by atoms with Crippen LogP contribution in [0.1, 0.15) is 86.4 Å². The molecule has 0 spiro atoms. The zero-order valence-corrected chi connectivity index (χ0v) is 21.2. The van der Waals surface area contributed by atoms with Gasteiger partial charge in [0.25, 0.3) is 0 Å². The summed E-state index contributed by atoms with van der Waals surface area (Å²) in [7, 11) is 0. The SMILES string of the molecule is CCCC1CCC(c2ccc(OC3C4C(=O)OC(=O)C4c4ccccc4C3C3CC(=O)OC3=O)nn2)CC1. The van der Waals surface area contributed by atoms with Gasteiger partial charge < -0.3 is 14.2 Å². The quantitative estimate of drug-likeness (QED) is 0.413. The highest BCUT2D eigenvalue weighted by molar-refractivity contribution is 6.01. The monoisotopic (exact) mass is 518 g/mol. The van der Waals surface area contributed by atoms with E-state index in [2.05, 4.69) is 17.1 Å². The number of benzene rings is 1. The van der Waals surface area contributed by atoms with Gasteiger partial charge in [-0.25, -0.2) is 0 Å². The molecule has 9 nitrogen and oxygen atoms in total. The van der Waals surface area contributed by atoms with Gasteiger partial charge in [0.1, 0.15) is 12.0 Å². The highest BCUT2D eigenvalue weighted by Crippen LogP contribution is 2.52. The van der Waals surface area contributed by atoms with Gasteiger partial charge in [0.05, 0.1) is 24.0 Å². The topological polar surface area (TPSA) is 122 Å². The minimum absolute atomic E-state index is 0.136. The van der Waals surface area contributed by atoms with Crippen LogP contribution in [-0.2, 0) is 28.7 Å². The summed E-state index contributed by atoms with van der Waals surface area (Å²) < 4.78 is 16.2. The number of cyclic esters (lactones) is 4. The Bertz CT molecular complexity index is 1270. The van der Waals surface area contributed by atoms with Crippen LogP contribution in [-0.4, -0.2) is 40.2 Å². The number of aromatic nitrogens is 2. The molecule has 0 N–H and O–H groups in total. The van der Waals surface area contributed by atoms with Crippen LogP contribution in [0, 0.1) is 17.8 Å². The lowest BCUT2D eigenvalue weighted by molar-refractivity contribution is -0.156. The fraction of sp³-hybridized carbons (Fsp3) is 0.517. The Morgan fingerprint density at radius 2 is 1.61 bits per heavy atom. The molecule has 2 aromatic rings. The van der Waals surface area contributed by atoms with Crippen LogP contribution in [0.3, 0.4) is 0 Å². The van der Waals surface area contributed by atoms with Gasteiger partial charge in [-0.3, -0.25) is 19.2 Å². The van der Waals surface area contributed by atoms with Crippen LogP contribution in [0.25, 0.3) is 0 Å². The van der Waals surface area contributed by atoms with Crippen molar-refractivity contribution in [2.75, 3.05) is 0 Å². The van der Waals surface area contributed by atoms with Crippen LogP contribution in [0.4, 0.5) is 0 Å². The minimum Gasteiger partial charge on any atom is -0.472 e. The van der Waals surface area contributed by atoms with E-state index in [4.69, 9.17) is 14.2 Å². The van der Waals surface area contributed by atoms with E-state index in [1.807, 2.05) is 6.07 Å². The van der Waals surface area contributed by atoms with Crippen LogP contribution in [0.5, 0.6) is 5.88 Å². The number of carbonyl (C=O) groups is 4. The lowest BCUT2D eigenvalue weighted by Gasteiger charge is -2.39. The first kappa shape index (κ1) is 24.7. The van der Waals surface area contributed by atoms with Crippen molar-refractivity contribution in [1.29, 1.82) is 0 Å². The second kappa shape index (κ2) is 9.93. The molecule has 3 fully saturated rings. The fourth-order valence-corrected chi connectivity index (χ4v) is 6.92. The van der Waals surface area contributed by atoms with E-state index in [1.54, 1.807) is 30.3 Å². The standard InChI is InChI=1S/C29H30N2O7/c1-2-5-15-8-10-16(11-9-15)20-12-13-21(31-30-20)36-26-23(19-14-22(32)37-27(19)33)17-6-3-4-7-18(17)24-25(26)29(35)38-28(24)34/h3-4,6-7,12-13,15-16,19,23-26H,2,5,8-11,14H2,1H3. The number of hydrogen-bond donors (Lipinski definition) is 0. The lowest BCUT2D eigenvalue weighted by atomic mass is 9.65. The van der Waals surface area contributed by atoms with Gasteiger partial charge in [0.2, 0.25) is 5.88 Å². The second-order valence-electron chi connectivity index (χ2n) is 10.9. The van der Waals surface area contributed by atoms with Crippen LogP contribution >= 0.6 is 0 Å². The summed E-state index contributed by atoms with van der Waals surface area (Å²) in [6, 6.07) is 10.7. The van der Waals surface area contributed by atoms with Crippen LogP contribution in [0.2, 0.25) is 0 Å². The van der Waals surface area contributed by atoms with Gasteiger partial charge in [-0.2, -0.15) is 5.10 Å². The largest absolute Gasteiger partial charge is 0.472 e. The summed E-state index contributed by atoms with van der Waals surface area (Å²) in [5, 5.41) is 8.77. The Kier molecular flexibility index (Phi) is 6.45. The molecule has 2 saturated heterocycles. The maximum absolute atomic E-state index is 12.9. The Morgan fingerprint density at radius 1 is 0.842 bits per heavy atom. The van der Waals surface area contributed by atoms with E-state index < -0.39 is 53.7 Å². The fourth-order valence-electron chi connectivity index (χ4n) is 6.92. The molecule has 5 atom stereocenters. The van der Waals surface area contributed by atoms with Gasteiger partial charge >= 0.3 is 23.9 Å². The van der Waals surface area contributed by atoms with Crippen molar-refractivity contribution in [2.45, 2.75) is 75.7 Å². The van der Waals surface area contributed by atoms with E-state index in [1.165, 1.54) is 25.7 Å². The van der Waals surface area contributed by atoms with Crippen molar-refractivity contribution in [3.05, 3.63) is 53.2 Å². The molecule has 1 aromatic heterocycles. The first-order valence-corrected chi connectivity index (χ1v) is 13.5. The summed E-state index contributed by atoms with van der Waals surface area (Å²) >= 11 is 0. The lowest BCUT2D eigenvalue weighted by Crippen LogP contribution is -2.46. The molecule has 9 heteroatoms.